The number of nitrogens with zero attached hydrogens (tertiary/aromatic N) is 1. The van der Waals surface area contributed by atoms with Crippen molar-refractivity contribution in [2.75, 3.05) is 18.5 Å². The number of aromatic nitrogens is 1. The van der Waals surface area contributed by atoms with Crippen LogP contribution in [-0.2, 0) is 4.74 Å². The molecule has 0 radical (unpaired) electrons. The van der Waals surface area contributed by atoms with Gasteiger partial charge in [0.1, 0.15) is 0 Å². The van der Waals surface area contributed by atoms with Gasteiger partial charge in [-0.05, 0) is 62.2 Å². The minimum atomic E-state index is 0.283. The normalized spacial score (nSPS) is 18.1. The van der Waals surface area contributed by atoms with Gasteiger partial charge in [0, 0.05) is 13.2 Å². The predicted octanol–water partition coefficient (Wildman–Crippen LogP) is 3.38. The first-order valence-electron chi connectivity index (χ1n) is 7.16. The van der Waals surface area contributed by atoms with Gasteiger partial charge in [0.25, 0.3) is 0 Å². The summed E-state index contributed by atoms with van der Waals surface area (Å²) in [6.07, 6.45) is 2.53. The molecule has 0 aliphatic carbocycles. The Morgan fingerprint density at radius 2 is 2.24 bits per heavy atom. The molecule has 2 N–H and O–H groups in total. The summed E-state index contributed by atoms with van der Waals surface area (Å²) in [5, 5.41) is 7.81. The molecule has 112 valence electrons. The fourth-order valence-electron chi connectivity index (χ4n) is 2.39. The van der Waals surface area contributed by atoms with E-state index in [1.165, 1.54) is 15.8 Å². The molecule has 1 aliphatic rings. The number of hydrogen-bond donors (Lipinski definition) is 2. The van der Waals surface area contributed by atoms with E-state index >= 15 is 0 Å². The van der Waals surface area contributed by atoms with Crippen molar-refractivity contribution >= 4 is 44.0 Å². The summed E-state index contributed by atoms with van der Waals surface area (Å²) >= 11 is 6.94. The van der Waals surface area contributed by atoms with E-state index < -0.39 is 0 Å². The molecule has 4 nitrogen and oxygen atoms in total. The summed E-state index contributed by atoms with van der Waals surface area (Å²) in [5.41, 5.74) is 3.57. The Labute approximate surface area is 133 Å². The zero-order chi connectivity index (χ0) is 14.8. The summed E-state index contributed by atoms with van der Waals surface area (Å²) in [6.45, 7) is 5.85. The molecular weight excluding hydrogens is 302 g/mol. The Balaban J connectivity index is 1.62. The van der Waals surface area contributed by atoms with Gasteiger partial charge in [-0.1, -0.05) is 11.3 Å². The molecule has 1 fully saturated rings. The van der Waals surface area contributed by atoms with E-state index in [1.807, 2.05) is 0 Å². The van der Waals surface area contributed by atoms with Crippen LogP contribution in [0.25, 0.3) is 10.2 Å². The van der Waals surface area contributed by atoms with Gasteiger partial charge >= 0.3 is 0 Å². The maximum atomic E-state index is 5.56. The van der Waals surface area contributed by atoms with Crippen molar-refractivity contribution in [1.29, 1.82) is 0 Å². The summed E-state index contributed by atoms with van der Waals surface area (Å²) in [4.78, 5) is 4.58. The van der Waals surface area contributed by atoms with Crippen LogP contribution >= 0.6 is 23.6 Å². The van der Waals surface area contributed by atoms with E-state index in [0.717, 1.165) is 36.6 Å². The highest BCUT2D eigenvalue weighted by atomic mass is 32.1. The highest BCUT2D eigenvalue weighted by molar-refractivity contribution is 7.80. The molecule has 3 rings (SSSR count). The number of aryl methyl sites for hydroxylation is 2. The monoisotopic (exact) mass is 321 g/mol. The number of rotatable bonds is 3. The second-order valence-corrected chi connectivity index (χ2v) is 6.83. The highest BCUT2D eigenvalue weighted by Gasteiger charge is 2.15. The lowest BCUT2D eigenvalue weighted by atomic mass is 10.1. The van der Waals surface area contributed by atoms with Crippen LogP contribution in [0.4, 0.5) is 5.13 Å². The molecule has 0 saturated carbocycles. The fourth-order valence-corrected chi connectivity index (χ4v) is 3.58. The van der Waals surface area contributed by atoms with Crippen molar-refractivity contribution in [1.82, 2.24) is 10.3 Å². The summed E-state index contributed by atoms with van der Waals surface area (Å²) in [5.74, 6) is 0. The van der Waals surface area contributed by atoms with E-state index in [9.17, 15) is 0 Å². The Morgan fingerprint density at radius 3 is 3.00 bits per heavy atom. The van der Waals surface area contributed by atoms with Gasteiger partial charge in [-0.25, -0.2) is 4.98 Å². The molecule has 1 unspecified atom stereocenters. The Morgan fingerprint density at radius 1 is 1.43 bits per heavy atom. The van der Waals surface area contributed by atoms with Crippen molar-refractivity contribution in [3.63, 3.8) is 0 Å². The van der Waals surface area contributed by atoms with Crippen LogP contribution in [0.1, 0.15) is 24.0 Å². The number of hydrogen-bond acceptors (Lipinski definition) is 4. The zero-order valence-corrected chi connectivity index (χ0v) is 13.9. The molecular formula is C15H19N3OS2. The van der Waals surface area contributed by atoms with E-state index in [4.69, 9.17) is 17.0 Å². The molecule has 2 aromatic rings. The third-order valence-corrected chi connectivity index (χ3v) is 4.92. The number of ether oxygens (including phenoxy) is 1. The minimum absolute atomic E-state index is 0.283. The lowest BCUT2D eigenvalue weighted by molar-refractivity contribution is 0.114. The molecule has 2 heterocycles. The maximum Gasteiger partial charge on any atom is 0.190 e. The van der Waals surface area contributed by atoms with Crippen LogP contribution < -0.4 is 10.6 Å². The van der Waals surface area contributed by atoms with Crippen molar-refractivity contribution in [3.8, 4) is 0 Å². The van der Waals surface area contributed by atoms with Crippen LogP contribution in [0.2, 0.25) is 0 Å². The van der Waals surface area contributed by atoms with Crippen LogP contribution in [0.5, 0.6) is 0 Å². The van der Waals surface area contributed by atoms with Crippen LogP contribution in [-0.4, -0.2) is 29.4 Å². The standard InChI is InChI=1S/C15H19N3OS2/c1-9-6-12-13(7-10(9)2)21-15(17-12)18-14(20)16-8-11-4-3-5-19-11/h6-7,11H,3-5,8H2,1-2H3,(H2,16,17,18,20). The first kappa shape index (κ1) is 14.7. The van der Waals surface area contributed by atoms with Gasteiger partial charge in [-0.3, -0.25) is 0 Å². The number of fused-ring (bicyclic) bond motifs is 1. The molecule has 6 heteroatoms. The zero-order valence-electron chi connectivity index (χ0n) is 12.2. The van der Waals surface area contributed by atoms with E-state index in [1.54, 1.807) is 11.3 Å². The second kappa shape index (κ2) is 6.25. The van der Waals surface area contributed by atoms with Crippen LogP contribution in [0.15, 0.2) is 12.1 Å². The van der Waals surface area contributed by atoms with Crippen molar-refractivity contribution < 1.29 is 4.74 Å². The number of nitrogens with one attached hydrogen (secondary N) is 2. The summed E-state index contributed by atoms with van der Waals surface area (Å²) in [7, 11) is 0. The average molecular weight is 321 g/mol. The summed E-state index contributed by atoms with van der Waals surface area (Å²) < 4.78 is 6.75. The average Bonchev–Trinajstić information content (AvgIpc) is 3.06. The predicted molar refractivity (Wildman–Crippen MR) is 92.3 cm³/mol. The van der Waals surface area contributed by atoms with Gasteiger partial charge in [0.15, 0.2) is 10.2 Å². The summed E-state index contributed by atoms with van der Waals surface area (Å²) in [6, 6.07) is 4.30. The Bertz CT molecular complexity index is 623. The van der Waals surface area contributed by atoms with Gasteiger partial charge in [-0.15, -0.1) is 0 Å². The molecule has 21 heavy (non-hydrogen) atoms. The van der Waals surface area contributed by atoms with E-state index in [0.29, 0.717) is 5.11 Å². The quantitative estimate of drug-likeness (QED) is 0.849. The highest BCUT2D eigenvalue weighted by Crippen LogP contribution is 2.28. The topological polar surface area (TPSA) is 46.2 Å². The maximum absolute atomic E-state index is 5.56. The van der Waals surface area contributed by atoms with Gasteiger partial charge < -0.3 is 15.4 Å². The number of thiazole rings is 1. The lowest BCUT2D eigenvalue weighted by Gasteiger charge is -2.12. The molecule has 1 aromatic carbocycles. The van der Waals surface area contributed by atoms with Gasteiger partial charge in [-0.2, -0.15) is 0 Å². The SMILES string of the molecule is Cc1cc2nc(NC(=S)NCC3CCCO3)sc2cc1C. The second-order valence-electron chi connectivity index (χ2n) is 5.39. The molecule has 1 atom stereocenters. The minimum Gasteiger partial charge on any atom is -0.376 e. The van der Waals surface area contributed by atoms with Crippen molar-refractivity contribution in [3.05, 3.63) is 23.3 Å². The first-order chi connectivity index (χ1) is 10.1. The third kappa shape index (κ3) is 3.51. The number of thiocarbonyl (C=S) groups is 1. The first-order valence-corrected chi connectivity index (χ1v) is 8.38. The largest absolute Gasteiger partial charge is 0.376 e. The molecule has 1 saturated heterocycles. The smallest absolute Gasteiger partial charge is 0.190 e. The lowest BCUT2D eigenvalue weighted by Crippen LogP contribution is -2.34. The molecule has 0 bridgehead atoms. The van der Waals surface area contributed by atoms with E-state index in [2.05, 4.69) is 41.6 Å². The Kier molecular flexibility index (Phi) is 4.37. The van der Waals surface area contributed by atoms with E-state index in [-0.39, 0.29) is 6.10 Å². The molecule has 0 amide bonds. The third-order valence-electron chi connectivity index (χ3n) is 3.74. The number of anilines is 1. The number of benzene rings is 1. The molecule has 1 aliphatic heterocycles. The Hall–Kier alpha value is -1.24. The fraction of sp³-hybridized carbons (Fsp3) is 0.467. The van der Waals surface area contributed by atoms with Gasteiger partial charge in [0.05, 0.1) is 16.3 Å². The molecule has 1 aromatic heterocycles. The van der Waals surface area contributed by atoms with Crippen molar-refractivity contribution in [2.24, 2.45) is 0 Å². The van der Waals surface area contributed by atoms with Gasteiger partial charge in [0.2, 0.25) is 0 Å². The van der Waals surface area contributed by atoms with Crippen LogP contribution in [0.3, 0.4) is 0 Å². The van der Waals surface area contributed by atoms with Crippen molar-refractivity contribution in [2.45, 2.75) is 32.8 Å². The van der Waals surface area contributed by atoms with Crippen LogP contribution in [0, 0.1) is 13.8 Å². The molecule has 0 spiro atoms.